The summed E-state index contributed by atoms with van der Waals surface area (Å²) in [5.74, 6) is 0.257. The van der Waals surface area contributed by atoms with Gasteiger partial charge < -0.3 is 9.84 Å². The molecule has 0 radical (unpaired) electrons. The summed E-state index contributed by atoms with van der Waals surface area (Å²) in [6, 6.07) is 16.3. The second-order valence-electron chi connectivity index (χ2n) is 5.40. The Morgan fingerprint density at radius 3 is 2.67 bits per heavy atom. The van der Waals surface area contributed by atoms with Gasteiger partial charge in [-0.25, -0.2) is 9.79 Å². The lowest BCUT2D eigenvalue weighted by Gasteiger charge is -2.07. The highest BCUT2D eigenvalue weighted by atomic mass is 32.2. The molecule has 0 aliphatic carbocycles. The Morgan fingerprint density at radius 2 is 1.96 bits per heavy atom. The van der Waals surface area contributed by atoms with Gasteiger partial charge in [-0.1, -0.05) is 30.3 Å². The van der Waals surface area contributed by atoms with Gasteiger partial charge in [0.15, 0.2) is 0 Å². The number of hydrogen-bond donors (Lipinski definition) is 0. The second kappa shape index (κ2) is 9.00. The first-order valence-corrected chi connectivity index (χ1v) is 9.23. The molecule has 1 heterocycles. The number of carbonyl (C=O) groups excluding carboxylic acids is 1. The largest absolute Gasteiger partial charge is 0.854 e. The van der Waals surface area contributed by atoms with E-state index in [4.69, 9.17) is 9.26 Å². The van der Waals surface area contributed by atoms with E-state index in [1.807, 2.05) is 30.3 Å². The number of nitrogens with zero attached hydrogens (tertiary/aromatic N) is 3. The minimum atomic E-state index is -0.383. The third-order valence-electron chi connectivity index (χ3n) is 3.50. The maximum Gasteiger partial charge on any atom is 0.338 e. The van der Waals surface area contributed by atoms with Crippen LogP contribution >= 0.6 is 11.8 Å². The van der Waals surface area contributed by atoms with Gasteiger partial charge in [-0.3, -0.25) is 4.52 Å². The summed E-state index contributed by atoms with van der Waals surface area (Å²) in [4.78, 5) is 15.6. The predicted molar refractivity (Wildman–Crippen MR) is 98.8 cm³/mol. The maximum atomic E-state index is 12.0. The zero-order valence-electron chi connectivity index (χ0n) is 14.6. The molecular weight excluding hydrogens is 366 g/mol. The summed E-state index contributed by atoms with van der Waals surface area (Å²) in [5.41, 5.74) is 2.15. The molecule has 3 rings (SSSR count). The lowest BCUT2D eigenvalue weighted by Crippen LogP contribution is -2.31. The van der Waals surface area contributed by atoms with Gasteiger partial charge in [0.2, 0.25) is 11.0 Å². The number of ether oxygens (including phenoxy) is 1. The molecule has 3 aromatic rings. The monoisotopic (exact) mass is 383 g/mol. The number of esters is 1. The Balaban J connectivity index is 1.64. The van der Waals surface area contributed by atoms with E-state index in [0.717, 1.165) is 17.3 Å². The van der Waals surface area contributed by atoms with Crippen molar-refractivity contribution in [3.8, 4) is 5.69 Å². The molecule has 27 heavy (non-hydrogen) atoms. The van der Waals surface area contributed by atoms with Crippen LogP contribution in [0, 0.1) is 0 Å². The molecule has 1 aromatic heterocycles. The van der Waals surface area contributed by atoms with Crippen molar-refractivity contribution in [2.45, 2.75) is 12.7 Å². The van der Waals surface area contributed by atoms with E-state index in [2.05, 4.69) is 10.3 Å². The van der Waals surface area contributed by atoms with Crippen molar-refractivity contribution in [1.82, 2.24) is 5.27 Å². The molecule has 0 amide bonds. The number of thioether (sulfide) groups is 1. The van der Waals surface area contributed by atoms with E-state index in [0.29, 0.717) is 23.6 Å². The van der Waals surface area contributed by atoms with Crippen molar-refractivity contribution < 1.29 is 23.8 Å². The Hall–Kier alpha value is -3.13. The smallest absolute Gasteiger partial charge is 0.338 e. The van der Waals surface area contributed by atoms with E-state index < -0.39 is 0 Å². The van der Waals surface area contributed by atoms with Crippen molar-refractivity contribution in [2.75, 3.05) is 6.61 Å². The van der Waals surface area contributed by atoms with Crippen molar-refractivity contribution in [2.24, 2.45) is 4.99 Å². The van der Waals surface area contributed by atoms with Crippen LogP contribution in [-0.4, -0.2) is 23.1 Å². The normalized spacial score (nSPS) is 11.4. The lowest BCUT2D eigenvalue weighted by molar-refractivity contribution is -0.670. The molecule has 0 saturated heterocycles. The molecule has 0 N–H and O–H groups in total. The molecule has 138 valence electrons. The van der Waals surface area contributed by atoms with E-state index in [1.165, 1.54) is 10.9 Å². The number of aliphatic imine (C=N–C) groups is 1. The van der Waals surface area contributed by atoms with Gasteiger partial charge in [-0.15, -0.1) is 11.8 Å². The Morgan fingerprint density at radius 1 is 1.22 bits per heavy atom. The minimum absolute atomic E-state index is 0.107. The molecule has 2 aromatic carbocycles. The standard InChI is InChI=1S/C19H17N3O4S/c1-2-25-18(23)15-8-10-16(11-9-15)22-12-17(26-21-22)20-19(24)27-13-14-6-4-3-5-7-14/h3-12H,2,13H2,1H3. The average Bonchev–Trinajstić information content (AvgIpc) is 3.16. The summed E-state index contributed by atoms with van der Waals surface area (Å²) < 4.78 is 11.5. The fourth-order valence-corrected chi connectivity index (χ4v) is 2.85. The van der Waals surface area contributed by atoms with E-state index >= 15 is 0 Å². The van der Waals surface area contributed by atoms with Gasteiger partial charge >= 0.3 is 11.9 Å². The molecule has 0 unspecified atom stereocenters. The molecule has 8 heteroatoms. The SMILES string of the molecule is CCOC(=O)c1ccc(-[n+]2cc(/N=C(\[O-])SCc3ccccc3)on2)cc1. The van der Waals surface area contributed by atoms with Gasteiger partial charge in [0.25, 0.3) is 6.20 Å². The molecule has 7 nitrogen and oxygen atoms in total. The van der Waals surface area contributed by atoms with Crippen molar-refractivity contribution >= 4 is 28.8 Å². The lowest BCUT2D eigenvalue weighted by atomic mass is 10.2. The van der Waals surface area contributed by atoms with Gasteiger partial charge in [-0.05, 0) is 29.3 Å². The average molecular weight is 383 g/mol. The topological polar surface area (TPSA) is 91.6 Å². The third kappa shape index (κ3) is 5.18. The van der Waals surface area contributed by atoms with E-state index in [-0.39, 0.29) is 17.1 Å². The first-order chi connectivity index (χ1) is 13.2. The van der Waals surface area contributed by atoms with Crippen LogP contribution in [0.2, 0.25) is 0 Å². The van der Waals surface area contributed by atoms with Crippen molar-refractivity contribution in [1.29, 1.82) is 0 Å². The van der Waals surface area contributed by atoms with Crippen LogP contribution in [0.4, 0.5) is 5.88 Å². The highest BCUT2D eigenvalue weighted by Gasteiger charge is 2.15. The Labute approximate surface area is 160 Å². The van der Waals surface area contributed by atoms with Crippen LogP contribution in [-0.2, 0) is 10.5 Å². The summed E-state index contributed by atoms with van der Waals surface area (Å²) in [6.07, 6.45) is 1.50. The van der Waals surface area contributed by atoms with E-state index in [9.17, 15) is 9.90 Å². The zero-order chi connectivity index (χ0) is 19.1. The van der Waals surface area contributed by atoms with Crippen LogP contribution in [0.15, 0.2) is 70.3 Å². The Kier molecular flexibility index (Phi) is 6.22. The number of rotatable bonds is 6. The van der Waals surface area contributed by atoms with Crippen LogP contribution in [0.1, 0.15) is 22.8 Å². The highest BCUT2D eigenvalue weighted by Crippen LogP contribution is 2.15. The fourth-order valence-electron chi connectivity index (χ4n) is 2.21. The summed E-state index contributed by atoms with van der Waals surface area (Å²) >= 11 is 1.09. The molecular formula is C19H17N3O4S. The maximum absolute atomic E-state index is 12.0. The fraction of sp³-hybridized carbons (Fsp3) is 0.158. The molecule has 0 bridgehead atoms. The first kappa shape index (κ1) is 18.7. The second-order valence-corrected chi connectivity index (χ2v) is 6.33. The summed E-state index contributed by atoms with van der Waals surface area (Å²) in [5, 5.41) is 15.4. The van der Waals surface area contributed by atoms with Gasteiger partial charge in [-0.2, -0.15) is 0 Å². The number of hydrogen-bond acceptors (Lipinski definition) is 7. The van der Waals surface area contributed by atoms with Crippen LogP contribution in [0.3, 0.4) is 0 Å². The summed E-state index contributed by atoms with van der Waals surface area (Å²) in [6.45, 7) is 2.07. The van der Waals surface area contributed by atoms with Crippen LogP contribution in [0.5, 0.6) is 0 Å². The number of carbonyl (C=O) groups is 1. The third-order valence-corrected chi connectivity index (χ3v) is 4.32. The van der Waals surface area contributed by atoms with Gasteiger partial charge in [0.05, 0.1) is 12.2 Å². The van der Waals surface area contributed by atoms with Crippen LogP contribution < -0.4 is 9.79 Å². The molecule has 0 fully saturated rings. The van der Waals surface area contributed by atoms with Crippen molar-refractivity contribution in [3.63, 3.8) is 0 Å². The zero-order valence-corrected chi connectivity index (χ0v) is 15.4. The highest BCUT2D eigenvalue weighted by molar-refractivity contribution is 8.12. The molecule has 0 spiro atoms. The van der Waals surface area contributed by atoms with Crippen LogP contribution in [0.25, 0.3) is 5.69 Å². The van der Waals surface area contributed by atoms with Gasteiger partial charge in [0, 0.05) is 23.1 Å². The number of benzene rings is 2. The van der Waals surface area contributed by atoms with Gasteiger partial charge in [0.1, 0.15) is 0 Å². The molecule has 0 atom stereocenters. The van der Waals surface area contributed by atoms with E-state index in [1.54, 1.807) is 31.2 Å². The molecule has 0 aliphatic heterocycles. The molecule has 0 saturated carbocycles. The first-order valence-electron chi connectivity index (χ1n) is 8.24. The minimum Gasteiger partial charge on any atom is -0.854 e. The summed E-state index contributed by atoms with van der Waals surface area (Å²) in [7, 11) is 0. The molecule has 0 aliphatic rings. The number of aromatic nitrogens is 2. The van der Waals surface area contributed by atoms with Crippen molar-refractivity contribution in [3.05, 3.63) is 71.9 Å². The predicted octanol–water partition coefficient (Wildman–Crippen LogP) is 2.41. The quantitative estimate of drug-likeness (QED) is 0.281. The Bertz CT molecular complexity index is 924.